The number of nitrogens with zero attached hydrogens (tertiary/aromatic N) is 3. The maximum atomic E-state index is 12.9. The van der Waals surface area contributed by atoms with Gasteiger partial charge in [0, 0.05) is 19.7 Å². The van der Waals surface area contributed by atoms with Crippen LogP contribution in [0.4, 0.5) is 4.39 Å². The lowest BCUT2D eigenvalue weighted by molar-refractivity contribution is -0.140. The second-order valence-electron chi connectivity index (χ2n) is 5.50. The SMILES string of the molecule is Cn1nccc1CN1C(=O)CC(Cc2ccc(F)cc2)C1=O. The van der Waals surface area contributed by atoms with Crippen LogP contribution in [0.25, 0.3) is 0 Å². The molecule has 0 bridgehead atoms. The Morgan fingerprint density at radius 1 is 1.23 bits per heavy atom. The van der Waals surface area contributed by atoms with Crippen LogP contribution in [0, 0.1) is 11.7 Å². The summed E-state index contributed by atoms with van der Waals surface area (Å²) in [5.74, 6) is -1.02. The van der Waals surface area contributed by atoms with E-state index >= 15 is 0 Å². The molecule has 1 aromatic carbocycles. The first-order valence-corrected chi connectivity index (χ1v) is 7.10. The molecule has 1 aliphatic heterocycles. The minimum atomic E-state index is -0.369. The quantitative estimate of drug-likeness (QED) is 0.807. The third-order valence-electron chi connectivity index (χ3n) is 3.98. The Kier molecular flexibility index (Phi) is 3.75. The molecule has 1 aliphatic rings. The van der Waals surface area contributed by atoms with Crippen molar-refractivity contribution in [1.29, 1.82) is 0 Å². The number of hydrogen-bond acceptors (Lipinski definition) is 3. The minimum Gasteiger partial charge on any atom is -0.276 e. The van der Waals surface area contributed by atoms with Gasteiger partial charge >= 0.3 is 0 Å². The number of rotatable bonds is 4. The molecule has 3 rings (SSSR count). The van der Waals surface area contributed by atoms with Gasteiger partial charge in [-0.1, -0.05) is 12.1 Å². The van der Waals surface area contributed by atoms with Gasteiger partial charge in [-0.15, -0.1) is 0 Å². The van der Waals surface area contributed by atoms with Gasteiger partial charge in [-0.05, 0) is 30.2 Å². The molecule has 1 atom stereocenters. The average molecular weight is 301 g/mol. The summed E-state index contributed by atoms with van der Waals surface area (Å²) in [6, 6.07) is 7.82. The Morgan fingerprint density at radius 3 is 2.59 bits per heavy atom. The lowest BCUT2D eigenvalue weighted by Crippen LogP contribution is -2.31. The predicted octanol–water partition coefficient (Wildman–Crippen LogP) is 1.68. The monoisotopic (exact) mass is 301 g/mol. The molecule has 0 N–H and O–H groups in total. The van der Waals surface area contributed by atoms with Gasteiger partial charge in [-0.3, -0.25) is 19.2 Å². The minimum absolute atomic E-state index is 0.168. The highest BCUT2D eigenvalue weighted by Gasteiger charge is 2.38. The van der Waals surface area contributed by atoms with Crippen LogP contribution in [0.5, 0.6) is 0 Å². The zero-order chi connectivity index (χ0) is 15.7. The van der Waals surface area contributed by atoms with Crippen molar-refractivity contribution in [1.82, 2.24) is 14.7 Å². The number of likely N-dealkylation sites (tertiary alicyclic amines) is 1. The standard InChI is InChI=1S/C16H16FN3O2/c1-19-14(6-7-18-19)10-20-15(21)9-12(16(20)22)8-11-2-4-13(17)5-3-11/h2-7,12H,8-10H2,1H3. The van der Waals surface area contributed by atoms with Crippen LogP contribution < -0.4 is 0 Å². The zero-order valence-corrected chi connectivity index (χ0v) is 12.2. The van der Waals surface area contributed by atoms with Gasteiger partial charge in [-0.25, -0.2) is 4.39 Å². The number of aromatic nitrogens is 2. The highest BCUT2D eigenvalue weighted by Crippen LogP contribution is 2.25. The summed E-state index contributed by atoms with van der Waals surface area (Å²) in [4.78, 5) is 25.8. The Balaban J connectivity index is 1.71. The smallest absolute Gasteiger partial charge is 0.233 e. The molecular formula is C16H16FN3O2. The van der Waals surface area contributed by atoms with E-state index in [-0.39, 0.29) is 36.5 Å². The number of amides is 2. The average Bonchev–Trinajstić information content (AvgIpc) is 3.01. The van der Waals surface area contributed by atoms with Crippen molar-refractivity contribution in [2.24, 2.45) is 13.0 Å². The van der Waals surface area contributed by atoms with Crippen LogP contribution in [-0.4, -0.2) is 26.5 Å². The Hall–Kier alpha value is -2.50. The first kappa shape index (κ1) is 14.4. The molecular weight excluding hydrogens is 285 g/mol. The molecule has 1 fully saturated rings. The lowest BCUT2D eigenvalue weighted by Gasteiger charge is -2.15. The summed E-state index contributed by atoms with van der Waals surface area (Å²) in [7, 11) is 1.77. The third-order valence-corrected chi connectivity index (χ3v) is 3.98. The maximum absolute atomic E-state index is 12.9. The van der Waals surface area contributed by atoms with E-state index in [1.165, 1.54) is 17.0 Å². The molecule has 114 valence electrons. The highest BCUT2D eigenvalue weighted by molar-refractivity contribution is 6.03. The van der Waals surface area contributed by atoms with Gasteiger partial charge in [0.1, 0.15) is 5.82 Å². The van der Waals surface area contributed by atoms with Crippen LogP contribution in [-0.2, 0) is 29.6 Å². The first-order chi connectivity index (χ1) is 10.5. The molecule has 0 saturated carbocycles. The van der Waals surface area contributed by atoms with E-state index in [0.717, 1.165) is 11.3 Å². The third kappa shape index (κ3) is 2.77. The number of halogens is 1. The zero-order valence-electron chi connectivity index (χ0n) is 12.2. The van der Waals surface area contributed by atoms with Crippen LogP contribution in [0.1, 0.15) is 17.7 Å². The Bertz CT molecular complexity index is 708. The molecule has 1 unspecified atom stereocenters. The van der Waals surface area contributed by atoms with Gasteiger partial charge < -0.3 is 0 Å². The molecule has 2 amide bonds. The normalized spacial score (nSPS) is 18.3. The number of carbonyl (C=O) groups is 2. The number of imide groups is 1. The fourth-order valence-electron chi connectivity index (χ4n) is 2.70. The molecule has 2 heterocycles. The van der Waals surface area contributed by atoms with Crippen LogP contribution in [0.3, 0.4) is 0 Å². The van der Waals surface area contributed by atoms with Gasteiger partial charge in [-0.2, -0.15) is 5.10 Å². The lowest BCUT2D eigenvalue weighted by atomic mass is 9.98. The summed E-state index contributed by atoms with van der Waals surface area (Å²) in [5.41, 5.74) is 1.67. The number of carbonyl (C=O) groups excluding carboxylic acids is 2. The van der Waals surface area contributed by atoms with Crippen molar-refractivity contribution in [2.75, 3.05) is 0 Å². The van der Waals surface area contributed by atoms with Gasteiger partial charge in [0.25, 0.3) is 0 Å². The molecule has 2 aromatic rings. The van der Waals surface area contributed by atoms with Crippen LogP contribution >= 0.6 is 0 Å². The molecule has 0 radical (unpaired) electrons. The topological polar surface area (TPSA) is 55.2 Å². The van der Waals surface area contributed by atoms with E-state index in [2.05, 4.69) is 5.10 Å². The van der Waals surface area contributed by atoms with Gasteiger partial charge in [0.15, 0.2) is 0 Å². The van der Waals surface area contributed by atoms with Crippen molar-refractivity contribution < 1.29 is 14.0 Å². The van der Waals surface area contributed by atoms with Crippen molar-refractivity contribution in [3.05, 3.63) is 53.6 Å². The van der Waals surface area contributed by atoms with E-state index in [1.807, 2.05) is 0 Å². The second-order valence-corrected chi connectivity index (χ2v) is 5.50. The fraction of sp³-hybridized carbons (Fsp3) is 0.312. The van der Waals surface area contributed by atoms with Crippen molar-refractivity contribution in [3.8, 4) is 0 Å². The van der Waals surface area contributed by atoms with Crippen molar-refractivity contribution in [3.63, 3.8) is 0 Å². The summed E-state index contributed by atoms with van der Waals surface area (Å²) in [6.45, 7) is 0.244. The Morgan fingerprint density at radius 2 is 1.95 bits per heavy atom. The molecule has 6 heteroatoms. The number of benzene rings is 1. The van der Waals surface area contributed by atoms with Crippen molar-refractivity contribution >= 4 is 11.8 Å². The molecule has 0 spiro atoms. The number of aryl methyl sites for hydroxylation is 1. The molecule has 0 aliphatic carbocycles. The highest BCUT2D eigenvalue weighted by atomic mass is 19.1. The molecule has 5 nitrogen and oxygen atoms in total. The molecule has 1 saturated heterocycles. The number of hydrogen-bond donors (Lipinski definition) is 0. The van der Waals surface area contributed by atoms with E-state index in [9.17, 15) is 14.0 Å². The fourth-order valence-corrected chi connectivity index (χ4v) is 2.70. The van der Waals surface area contributed by atoms with E-state index in [4.69, 9.17) is 0 Å². The van der Waals surface area contributed by atoms with E-state index in [1.54, 1.807) is 36.1 Å². The largest absolute Gasteiger partial charge is 0.276 e. The van der Waals surface area contributed by atoms with Gasteiger partial charge in [0.05, 0.1) is 18.2 Å². The summed E-state index contributed by atoms with van der Waals surface area (Å²) < 4.78 is 14.6. The van der Waals surface area contributed by atoms with E-state index in [0.29, 0.717) is 6.42 Å². The Labute approximate surface area is 127 Å². The molecule has 22 heavy (non-hydrogen) atoms. The predicted molar refractivity (Wildman–Crippen MR) is 77.0 cm³/mol. The van der Waals surface area contributed by atoms with Crippen LogP contribution in [0.2, 0.25) is 0 Å². The second kappa shape index (κ2) is 5.71. The van der Waals surface area contributed by atoms with Crippen LogP contribution in [0.15, 0.2) is 36.5 Å². The van der Waals surface area contributed by atoms with Crippen molar-refractivity contribution in [2.45, 2.75) is 19.4 Å². The van der Waals surface area contributed by atoms with Gasteiger partial charge in [0.2, 0.25) is 11.8 Å². The first-order valence-electron chi connectivity index (χ1n) is 7.10. The van der Waals surface area contributed by atoms with E-state index < -0.39 is 0 Å². The summed E-state index contributed by atoms with van der Waals surface area (Å²) in [5, 5.41) is 4.04. The maximum Gasteiger partial charge on any atom is 0.233 e. The summed E-state index contributed by atoms with van der Waals surface area (Å²) in [6.07, 6.45) is 2.29. The summed E-state index contributed by atoms with van der Waals surface area (Å²) >= 11 is 0. The molecule has 1 aromatic heterocycles.